The van der Waals surface area contributed by atoms with Crippen molar-refractivity contribution in [2.45, 2.75) is 51.3 Å². The Balaban J connectivity index is 2.13. The molecule has 8 heteroatoms. The quantitative estimate of drug-likeness (QED) is 0.656. The van der Waals surface area contributed by atoms with Gasteiger partial charge in [-0.3, -0.25) is 9.78 Å². The second kappa shape index (κ2) is 8.70. The van der Waals surface area contributed by atoms with Gasteiger partial charge in [0.1, 0.15) is 5.82 Å². The lowest BCUT2D eigenvalue weighted by molar-refractivity contribution is 0.0916. The zero-order chi connectivity index (χ0) is 21.1. The predicted molar refractivity (Wildman–Crippen MR) is 99.2 cm³/mol. The number of pyridine rings is 1. The number of nitrogens with two attached hydrogens (primary N) is 1. The molecule has 0 saturated heterocycles. The average Bonchev–Trinajstić information content (AvgIpc) is 2.58. The van der Waals surface area contributed by atoms with Crippen LogP contribution in [0.1, 0.15) is 42.4 Å². The van der Waals surface area contributed by atoms with E-state index in [9.17, 15) is 23.1 Å². The third-order valence-electron chi connectivity index (χ3n) is 4.07. The minimum atomic E-state index is -1.29. The van der Waals surface area contributed by atoms with Gasteiger partial charge in [0, 0.05) is 30.3 Å². The summed E-state index contributed by atoms with van der Waals surface area (Å²) in [5, 5.41) is 13.2. The van der Waals surface area contributed by atoms with Gasteiger partial charge in [-0.1, -0.05) is 0 Å². The van der Waals surface area contributed by atoms with Gasteiger partial charge < -0.3 is 16.2 Å². The molecule has 0 radical (unpaired) electrons. The Kier molecular flexibility index (Phi) is 6.79. The highest BCUT2D eigenvalue weighted by molar-refractivity contribution is 5.95. The Morgan fingerprint density at radius 2 is 1.82 bits per heavy atom. The highest BCUT2D eigenvalue weighted by Gasteiger charge is 2.23. The van der Waals surface area contributed by atoms with Crippen LogP contribution in [0.5, 0.6) is 0 Å². The van der Waals surface area contributed by atoms with Crippen LogP contribution in [-0.2, 0) is 12.8 Å². The Morgan fingerprint density at radius 3 is 2.46 bits per heavy atom. The summed E-state index contributed by atoms with van der Waals surface area (Å²) < 4.78 is 40.2. The molecule has 2 aromatic rings. The molecule has 1 aromatic carbocycles. The van der Waals surface area contributed by atoms with Crippen LogP contribution in [-0.4, -0.2) is 33.7 Å². The van der Waals surface area contributed by atoms with Gasteiger partial charge in [-0.2, -0.15) is 0 Å². The van der Waals surface area contributed by atoms with E-state index in [1.807, 2.05) is 20.8 Å². The topological polar surface area (TPSA) is 88.2 Å². The molecule has 0 aliphatic carbocycles. The fourth-order valence-electron chi connectivity index (χ4n) is 2.67. The summed E-state index contributed by atoms with van der Waals surface area (Å²) in [6.07, 6.45) is 0.0422. The van der Waals surface area contributed by atoms with Gasteiger partial charge >= 0.3 is 0 Å². The number of aromatic nitrogens is 1. The number of aliphatic hydroxyl groups is 1. The number of nitrogens with zero attached hydrogens (tertiary/aromatic N) is 1. The van der Waals surface area contributed by atoms with Crippen LogP contribution in [0.25, 0.3) is 0 Å². The summed E-state index contributed by atoms with van der Waals surface area (Å²) in [6.45, 7) is 5.51. The number of aliphatic hydroxyl groups excluding tert-OH is 1. The van der Waals surface area contributed by atoms with Crippen LogP contribution in [0.3, 0.4) is 0 Å². The molecule has 0 unspecified atom stereocenters. The smallest absolute Gasteiger partial charge is 0.253 e. The number of nitrogens with one attached hydrogen (secondary N) is 1. The second-order valence-electron chi connectivity index (χ2n) is 7.70. The van der Waals surface area contributed by atoms with Gasteiger partial charge in [0.2, 0.25) is 0 Å². The van der Waals surface area contributed by atoms with E-state index in [4.69, 9.17) is 5.73 Å². The van der Waals surface area contributed by atoms with Crippen LogP contribution in [0.15, 0.2) is 30.5 Å². The number of halogens is 3. The number of rotatable bonds is 6. The number of benzene rings is 1. The van der Waals surface area contributed by atoms with Gasteiger partial charge in [0.25, 0.3) is 5.91 Å². The first kappa shape index (κ1) is 21.8. The zero-order valence-electron chi connectivity index (χ0n) is 16.0. The standard InChI is InChI=1S/C20H24F3N3O2/c1-20(2,3)26-19(28)12-5-4-6-25-17(12)10-18(27)16(24)8-11-7-14(22)15(23)9-13(11)21/h4-7,9,16,18,27H,8,10,24H2,1-3H3,(H,26,28)/t16-,18+/m1/s1. The van der Waals surface area contributed by atoms with Crippen molar-refractivity contribution in [1.82, 2.24) is 10.3 Å². The van der Waals surface area contributed by atoms with Crippen molar-refractivity contribution >= 4 is 5.91 Å². The van der Waals surface area contributed by atoms with Crippen molar-refractivity contribution in [3.63, 3.8) is 0 Å². The minimum Gasteiger partial charge on any atom is -0.391 e. The van der Waals surface area contributed by atoms with Crippen LogP contribution >= 0.6 is 0 Å². The predicted octanol–water partition coefficient (Wildman–Crippen LogP) is 2.50. The molecule has 4 N–H and O–H groups in total. The van der Waals surface area contributed by atoms with E-state index in [0.29, 0.717) is 17.3 Å². The van der Waals surface area contributed by atoms with Crippen molar-refractivity contribution in [2.75, 3.05) is 0 Å². The SMILES string of the molecule is CC(C)(C)NC(=O)c1cccnc1C[C@H](O)[C@H](N)Cc1cc(F)c(F)cc1F. The number of carbonyl (C=O) groups is 1. The van der Waals surface area contributed by atoms with Crippen molar-refractivity contribution in [3.8, 4) is 0 Å². The first-order valence-corrected chi connectivity index (χ1v) is 8.81. The van der Waals surface area contributed by atoms with Gasteiger partial charge in [0.05, 0.1) is 17.4 Å². The summed E-state index contributed by atoms with van der Waals surface area (Å²) in [4.78, 5) is 16.6. The van der Waals surface area contributed by atoms with Crippen molar-refractivity contribution in [3.05, 3.63) is 64.7 Å². The molecule has 0 bridgehead atoms. The molecule has 1 amide bonds. The maximum absolute atomic E-state index is 13.8. The normalized spacial score (nSPS) is 13.9. The number of carbonyl (C=O) groups excluding carboxylic acids is 1. The fourth-order valence-corrected chi connectivity index (χ4v) is 2.67. The molecular formula is C20H24F3N3O2. The minimum absolute atomic E-state index is 0.0554. The monoisotopic (exact) mass is 395 g/mol. The molecule has 5 nitrogen and oxygen atoms in total. The third kappa shape index (κ3) is 5.77. The highest BCUT2D eigenvalue weighted by atomic mass is 19.2. The Hall–Kier alpha value is -2.45. The lowest BCUT2D eigenvalue weighted by Crippen LogP contribution is -2.42. The van der Waals surface area contributed by atoms with Gasteiger partial charge in [0.15, 0.2) is 11.6 Å². The maximum Gasteiger partial charge on any atom is 0.253 e. The Bertz CT molecular complexity index is 853. The average molecular weight is 395 g/mol. The van der Waals surface area contributed by atoms with E-state index >= 15 is 0 Å². The summed E-state index contributed by atoms with van der Waals surface area (Å²) in [5.74, 6) is -3.77. The molecule has 2 atom stereocenters. The van der Waals surface area contributed by atoms with E-state index in [2.05, 4.69) is 10.3 Å². The first-order valence-electron chi connectivity index (χ1n) is 8.81. The zero-order valence-corrected chi connectivity index (χ0v) is 16.0. The van der Waals surface area contributed by atoms with Crippen LogP contribution in [0.4, 0.5) is 13.2 Å². The lowest BCUT2D eigenvalue weighted by Gasteiger charge is -2.23. The Morgan fingerprint density at radius 1 is 1.18 bits per heavy atom. The third-order valence-corrected chi connectivity index (χ3v) is 4.07. The molecule has 0 spiro atoms. The second-order valence-corrected chi connectivity index (χ2v) is 7.70. The highest BCUT2D eigenvalue weighted by Crippen LogP contribution is 2.17. The number of hydrogen-bond donors (Lipinski definition) is 3. The summed E-state index contributed by atoms with van der Waals surface area (Å²) in [6, 6.07) is 3.37. The van der Waals surface area contributed by atoms with E-state index in [0.717, 1.165) is 6.07 Å². The fraction of sp³-hybridized carbons (Fsp3) is 0.400. The molecule has 0 aliphatic heterocycles. The first-order chi connectivity index (χ1) is 13.0. The van der Waals surface area contributed by atoms with Gasteiger partial charge in [-0.05, 0) is 51.0 Å². The molecule has 0 fully saturated rings. The summed E-state index contributed by atoms with van der Waals surface area (Å²) in [5.41, 5.74) is 5.95. The van der Waals surface area contributed by atoms with Gasteiger partial charge in [-0.15, -0.1) is 0 Å². The van der Waals surface area contributed by atoms with E-state index in [-0.39, 0.29) is 24.3 Å². The van der Waals surface area contributed by atoms with Crippen LogP contribution in [0.2, 0.25) is 0 Å². The van der Waals surface area contributed by atoms with E-state index in [1.165, 1.54) is 6.20 Å². The van der Waals surface area contributed by atoms with Crippen LogP contribution in [0, 0.1) is 17.5 Å². The Labute approximate surface area is 161 Å². The molecule has 28 heavy (non-hydrogen) atoms. The molecule has 1 heterocycles. The molecule has 2 rings (SSSR count). The largest absolute Gasteiger partial charge is 0.391 e. The van der Waals surface area contributed by atoms with Crippen molar-refractivity contribution in [2.24, 2.45) is 5.73 Å². The van der Waals surface area contributed by atoms with E-state index in [1.54, 1.807) is 12.1 Å². The van der Waals surface area contributed by atoms with Crippen LogP contribution < -0.4 is 11.1 Å². The van der Waals surface area contributed by atoms with Crippen molar-refractivity contribution < 1.29 is 23.1 Å². The number of hydrogen-bond acceptors (Lipinski definition) is 4. The molecule has 1 aromatic heterocycles. The molecule has 0 aliphatic rings. The number of amides is 1. The lowest BCUT2D eigenvalue weighted by atomic mass is 9.96. The summed E-state index contributed by atoms with van der Waals surface area (Å²) >= 11 is 0. The van der Waals surface area contributed by atoms with E-state index < -0.39 is 35.1 Å². The molecular weight excluding hydrogens is 371 g/mol. The van der Waals surface area contributed by atoms with Crippen molar-refractivity contribution in [1.29, 1.82) is 0 Å². The summed E-state index contributed by atoms with van der Waals surface area (Å²) in [7, 11) is 0. The molecule has 0 saturated carbocycles. The maximum atomic E-state index is 13.8. The van der Waals surface area contributed by atoms with Gasteiger partial charge in [-0.25, -0.2) is 13.2 Å². The molecule has 152 valence electrons.